The van der Waals surface area contributed by atoms with Gasteiger partial charge in [0.25, 0.3) is 0 Å². The quantitative estimate of drug-likeness (QED) is 0.243. The van der Waals surface area contributed by atoms with Crippen LogP contribution in [0.1, 0.15) is 64.9 Å². The van der Waals surface area contributed by atoms with Crippen molar-refractivity contribution in [3.05, 3.63) is 73.2 Å². The standard InChI is InChI=1S/C30H30ClIO7S/c1-29(2)12-20(33)26-23(14-29)38-24-15-30(3,4)13-21(34)27(24)25(26)16-10-19(32)28(22(11-16)37-5)39-40(35,36)18-8-6-17(31)7-9-18/h6-11,25H,12-15H2,1-5H3. The summed E-state index contributed by atoms with van der Waals surface area (Å²) in [5.74, 6) is 0.646. The van der Waals surface area contributed by atoms with E-state index in [1.807, 2.05) is 50.3 Å². The molecule has 1 aliphatic heterocycles. The van der Waals surface area contributed by atoms with Gasteiger partial charge in [0.05, 0.1) is 10.7 Å². The highest BCUT2D eigenvalue weighted by Gasteiger charge is 2.48. The minimum Gasteiger partial charge on any atom is -0.493 e. The zero-order chi connectivity index (χ0) is 29.2. The number of allylic oxidation sites excluding steroid dienone is 4. The highest BCUT2D eigenvalue weighted by molar-refractivity contribution is 14.1. The van der Waals surface area contributed by atoms with Crippen LogP contribution >= 0.6 is 34.2 Å². The highest BCUT2D eigenvalue weighted by atomic mass is 127. The van der Waals surface area contributed by atoms with Gasteiger partial charge in [0.15, 0.2) is 23.1 Å². The van der Waals surface area contributed by atoms with Crippen LogP contribution in [0, 0.1) is 14.4 Å². The van der Waals surface area contributed by atoms with E-state index in [2.05, 4.69) is 0 Å². The number of halogens is 2. The molecule has 5 rings (SSSR count). The molecule has 0 spiro atoms. The molecule has 0 saturated carbocycles. The molecule has 1 heterocycles. The third kappa shape index (κ3) is 5.44. The van der Waals surface area contributed by atoms with Gasteiger partial charge in [0.2, 0.25) is 0 Å². The van der Waals surface area contributed by atoms with E-state index in [9.17, 15) is 18.0 Å². The third-order valence-corrected chi connectivity index (χ3v) is 9.75. The fourth-order valence-corrected chi connectivity index (χ4v) is 7.72. The van der Waals surface area contributed by atoms with Crippen LogP contribution < -0.4 is 8.92 Å². The number of ether oxygens (including phenoxy) is 2. The Morgan fingerprint density at radius 3 is 1.93 bits per heavy atom. The van der Waals surface area contributed by atoms with E-state index in [0.29, 0.717) is 62.5 Å². The number of benzene rings is 2. The molecule has 0 unspecified atom stereocenters. The van der Waals surface area contributed by atoms with Crippen molar-refractivity contribution in [3.8, 4) is 11.5 Å². The zero-order valence-electron chi connectivity index (χ0n) is 22.9. The smallest absolute Gasteiger partial charge is 0.339 e. The molecule has 40 heavy (non-hydrogen) atoms. The summed E-state index contributed by atoms with van der Waals surface area (Å²) in [7, 11) is -2.78. The largest absolute Gasteiger partial charge is 0.493 e. The lowest BCUT2D eigenvalue weighted by atomic mass is 9.65. The molecule has 0 saturated heterocycles. The fourth-order valence-electron chi connectivity index (χ4n) is 5.75. The van der Waals surface area contributed by atoms with Gasteiger partial charge >= 0.3 is 10.1 Å². The summed E-state index contributed by atoms with van der Waals surface area (Å²) >= 11 is 7.90. The Kier molecular flexibility index (Phi) is 7.40. The summed E-state index contributed by atoms with van der Waals surface area (Å²) < 4.78 is 44.1. The number of methoxy groups -OCH3 is 1. The predicted octanol–water partition coefficient (Wildman–Crippen LogP) is 7.12. The van der Waals surface area contributed by atoms with Crippen molar-refractivity contribution in [2.45, 2.75) is 64.2 Å². The summed E-state index contributed by atoms with van der Waals surface area (Å²) in [6.45, 7) is 8.14. The van der Waals surface area contributed by atoms with Gasteiger partial charge in [-0.3, -0.25) is 9.59 Å². The second kappa shape index (κ2) is 10.2. The molecule has 10 heteroatoms. The molecule has 7 nitrogen and oxygen atoms in total. The Hall–Kier alpha value is -2.37. The van der Waals surface area contributed by atoms with E-state index < -0.39 is 16.0 Å². The first-order chi connectivity index (χ1) is 18.6. The van der Waals surface area contributed by atoms with Gasteiger partial charge in [0.1, 0.15) is 16.4 Å². The number of Topliss-reactive ketones (excluding diaryl/α,β-unsaturated/α-hetero) is 2. The Bertz CT molecular complexity index is 1550. The second-order valence-corrected chi connectivity index (χ2v) is 15.3. The van der Waals surface area contributed by atoms with E-state index in [4.69, 9.17) is 25.3 Å². The highest BCUT2D eigenvalue weighted by Crippen LogP contribution is 2.54. The zero-order valence-corrected chi connectivity index (χ0v) is 26.6. The van der Waals surface area contributed by atoms with Crippen molar-refractivity contribution in [2.24, 2.45) is 10.8 Å². The van der Waals surface area contributed by atoms with Crippen LogP contribution in [0.3, 0.4) is 0 Å². The van der Waals surface area contributed by atoms with Gasteiger partial charge in [-0.1, -0.05) is 39.3 Å². The van der Waals surface area contributed by atoms with E-state index in [0.717, 1.165) is 0 Å². The summed E-state index contributed by atoms with van der Waals surface area (Å²) in [5, 5.41) is 0.399. The Balaban J connectivity index is 1.64. The lowest BCUT2D eigenvalue weighted by Crippen LogP contribution is -2.37. The molecular weight excluding hydrogens is 667 g/mol. The molecule has 2 aromatic rings. The summed E-state index contributed by atoms with van der Waals surface area (Å²) in [6.07, 6.45) is 1.82. The second-order valence-electron chi connectivity index (χ2n) is 12.1. The van der Waals surface area contributed by atoms with Crippen LogP contribution in [-0.4, -0.2) is 27.1 Å². The minimum atomic E-state index is -4.19. The Morgan fingerprint density at radius 1 is 0.900 bits per heavy atom. The van der Waals surface area contributed by atoms with Crippen molar-refractivity contribution in [3.63, 3.8) is 0 Å². The van der Waals surface area contributed by atoms with Crippen molar-refractivity contribution < 1.29 is 31.7 Å². The first-order valence-electron chi connectivity index (χ1n) is 12.9. The topological polar surface area (TPSA) is 96.0 Å². The maximum atomic E-state index is 13.6. The van der Waals surface area contributed by atoms with Crippen LogP contribution in [0.5, 0.6) is 11.5 Å². The molecule has 2 aliphatic carbocycles. The lowest BCUT2D eigenvalue weighted by molar-refractivity contribution is -0.120. The predicted molar refractivity (Wildman–Crippen MR) is 159 cm³/mol. The van der Waals surface area contributed by atoms with Crippen LogP contribution in [-0.2, 0) is 24.4 Å². The first-order valence-corrected chi connectivity index (χ1v) is 15.8. The van der Waals surface area contributed by atoms with E-state index in [-0.39, 0.29) is 38.8 Å². The number of hydrogen-bond acceptors (Lipinski definition) is 7. The molecule has 0 amide bonds. The maximum absolute atomic E-state index is 13.6. The van der Waals surface area contributed by atoms with Gasteiger partial charge in [0, 0.05) is 47.8 Å². The minimum absolute atomic E-state index is 0.0180. The van der Waals surface area contributed by atoms with Crippen molar-refractivity contribution in [2.75, 3.05) is 7.11 Å². The Morgan fingerprint density at radius 2 is 1.43 bits per heavy atom. The van der Waals surface area contributed by atoms with Crippen molar-refractivity contribution in [1.82, 2.24) is 0 Å². The molecule has 2 aromatic carbocycles. The number of ketones is 2. The van der Waals surface area contributed by atoms with E-state index >= 15 is 0 Å². The van der Waals surface area contributed by atoms with Gasteiger partial charge < -0.3 is 13.7 Å². The molecular formula is C30H30ClIO7S. The summed E-state index contributed by atoms with van der Waals surface area (Å²) in [4.78, 5) is 27.1. The van der Waals surface area contributed by atoms with Gasteiger partial charge in [-0.05, 0) is 75.4 Å². The number of carbonyl (C=O) groups is 2. The number of hydrogen-bond donors (Lipinski definition) is 0. The molecule has 3 aliphatic rings. The normalized spacial score (nSPS) is 20.6. The van der Waals surface area contributed by atoms with Crippen LogP contribution in [0.2, 0.25) is 5.02 Å². The number of carbonyl (C=O) groups excluding carboxylic acids is 2. The maximum Gasteiger partial charge on any atom is 0.339 e. The molecule has 212 valence electrons. The molecule has 0 N–H and O–H groups in total. The number of rotatable bonds is 5. The van der Waals surface area contributed by atoms with Crippen LogP contribution in [0.25, 0.3) is 0 Å². The van der Waals surface area contributed by atoms with E-state index in [1.165, 1.54) is 31.4 Å². The third-order valence-electron chi connectivity index (χ3n) is 7.46. The lowest BCUT2D eigenvalue weighted by Gasteiger charge is -2.42. The SMILES string of the molecule is COc1cc(C2C3=C(CC(C)(C)CC3=O)OC3=C2C(=O)CC(C)(C)C3)cc(I)c1OS(=O)(=O)c1ccc(Cl)cc1. The Labute approximate surface area is 253 Å². The van der Waals surface area contributed by atoms with Crippen molar-refractivity contribution in [1.29, 1.82) is 0 Å². The summed E-state index contributed by atoms with van der Waals surface area (Å²) in [6, 6.07) is 9.07. The fraction of sp³-hybridized carbons (Fsp3) is 0.400. The van der Waals surface area contributed by atoms with Crippen molar-refractivity contribution >= 4 is 55.9 Å². The molecule has 0 aromatic heterocycles. The first kappa shape index (κ1) is 29.1. The van der Waals surface area contributed by atoms with Crippen LogP contribution in [0.15, 0.2) is 64.0 Å². The average molecular weight is 697 g/mol. The van der Waals surface area contributed by atoms with Gasteiger partial charge in [-0.15, -0.1) is 0 Å². The summed E-state index contributed by atoms with van der Waals surface area (Å²) in [5.41, 5.74) is 1.08. The van der Waals surface area contributed by atoms with Crippen LogP contribution in [0.4, 0.5) is 0 Å². The average Bonchev–Trinajstić information content (AvgIpc) is 2.82. The van der Waals surface area contributed by atoms with E-state index in [1.54, 1.807) is 12.1 Å². The van der Waals surface area contributed by atoms with Gasteiger partial charge in [-0.2, -0.15) is 8.42 Å². The molecule has 0 atom stereocenters. The van der Waals surface area contributed by atoms with Gasteiger partial charge in [-0.25, -0.2) is 0 Å². The molecule has 0 bridgehead atoms. The monoisotopic (exact) mass is 696 g/mol. The molecule has 0 radical (unpaired) electrons. The molecule has 0 fully saturated rings.